The molecule has 176 valence electrons. The summed E-state index contributed by atoms with van der Waals surface area (Å²) in [6.07, 6.45) is 3.73. The zero-order valence-corrected chi connectivity index (χ0v) is 19.5. The lowest BCUT2D eigenvalue weighted by molar-refractivity contribution is 0.0761. The molecule has 1 unspecified atom stereocenters. The highest BCUT2D eigenvalue weighted by Gasteiger charge is 2.44. The van der Waals surface area contributed by atoms with Crippen molar-refractivity contribution >= 4 is 16.8 Å². The Labute approximate surface area is 201 Å². The molecule has 4 aromatic rings. The van der Waals surface area contributed by atoms with Gasteiger partial charge in [0.05, 0.1) is 11.1 Å². The van der Waals surface area contributed by atoms with Crippen LogP contribution >= 0.6 is 0 Å². The van der Waals surface area contributed by atoms with Gasteiger partial charge >= 0.3 is 0 Å². The Kier molecular flexibility index (Phi) is 4.76. The summed E-state index contributed by atoms with van der Waals surface area (Å²) in [7, 11) is 1.90. The topological polar surface area (TPSA) is 91.8 Å². The van der Waals surface area contributed by atoms with Gasteiger partial charge in [0.25, 0.3) is 5.91 Å². The van der Waals surface area contributed by atoms with E-state index in [0.29, 0.717) is 30.2 Å². The number of halogens is 1. The maximum Gasteiger partial charge on any atom is 0.274 e. The highest BCUT2D eigenvalue weighted by molar-refractivity contribution is 5.93. The van der Waals surface area contributed by atoms with E-state index in [1.807, 2.05) is 52.4 Å². The molecule has 1 N–H and O–H groups in total. The van der Waals surface area contributed by atoms with Crippen LogP contribution in [0, 0.1) is 24.1 Å². The van der Waals surface area contributed by atoms with Crippen LogP contribution in [0.25, 0.3) is 28.0 Å². The standard InChI is InChI=1S/C26H24FN7O/c1-16-20-12-19(5-6-22(20)31-32(16)2)34-14-23(25(35)33-10-8-26(15-33)7-9-29-26)30-24(34)17-3-4-18(13-28)21(27)11-17/h3-6,11-12,14,29H,7-10,15H2,1-2H3. The molecule has 9 heteroatoms. The fourth-order valence-corrected chi connectivity index (χ4v) is 5.13. The Balaban J connectivity index is 1.46. The lowest BCUT2D eigenvalue weighted by Gasteiger charge is -2.39. The van der Waals surface area contributed by atoms with Crippen LogP contribution in [-0.2, 0) is 7.05 Å². The monoisotopic (exact) mass is 469 g/mol. The van der Waals surface area contributed by atoms with Crippen molar-refractivity contribution in [3.05, 3.63) is 65.4 Å². The van der Waals surface area contributed by atoms with Crippen LogP contribution in [0.15, 0.2) is 42.6 Å². The van der Waals surface area contributed by atoms with E-state index in [1.165, 1.54) is 12.1 Å². The minimum absolute atomic E-state index is 0.0362. The van der Waals surface area contributed by atoms with Gasteiger partial charge in [-0.05, 0) is 62.7 Å². The van der Waals surface area contributed by atoms with Crippen LogP contribution in [0.1, 0.15) is 34.6 Å². The van der Waals surface area contributed by atoms with E-state index >= 15 is 0 Å². The van der Waals surface area contributed by atoms with E-state index in [4.69, 9.17) is 5.26 Å². The maximum absolute atomic E-state index is 14.5. The molecule has 1 amide bonds. The van der Waals surface area contributed by atoms with Crippen LogP contribution in [0.2, 0.25) is 0 Å². The Morgan fingerprint density at radius 1 is 1.23 bits per heavy atom. The van der Waals surface area contributed by atoms with Gasteiger partial charge in [0.2, 0.25) is 0 Å². The number of nitriles is 1. The first-order chi connectivity index (χ1) is 16.9. The van der Waals surface area contributed by atoms with E-state index < -0.39 is 5.82 Å². The summed E-state index contributed by atoms with van der Waals surface area (Å²) in [6, 6.07) is 12.1. The van der Waals surface area contributed by atoms with Crippen LogP contribution in [0.5, 0.6) is 0 Å². The highest BCUT2D eigenvalue weighted by Crippen LogP contribution is 2.32. The smallest absolute Gasteiger partial charge is 0.274 e. The molecule has 2 aromatic carbocycles. The number of benzene rings is 2. The first kappa shape index (κ1) is 21.5. The van der Waals surface area contributed by atoms with E-state index in [2.05, 4.69) is 15.4 Å². The van der Waals surface area contributed by atoms with E-state index in [1.54, 1.807) is 12.3 Å². The Morgan fingerprint density at radius 2 is 2.06 bits per heavy atom. The molecule has 0 bridgehead atoms. The van der Waals surface area contributed by atoms with E-state index in [9.17, 15) is 9.18 Å². The average molecular weight is 470 g/mol. The third kappa shape index (κ3) is 3.41. The SMILES string of the molecule is Cc1c2cc(-n3cc(C(=O)N4CCC5(CCN5)C4)nc3-c3ccc(C#N)c(F)c3)ccc2nn1C. The molecule has 2 aromatic heterocycles. The number of hydrogen-bond donors (Lipinski definition) is 1. The number of carbonyl (C=O) groups is 1. The number of nitrogens with zero attached hydrogens (tertiary/aromatic N) is 6. The number of imidazole rings is 1. The molecule has 2 aliphatic rings. The van der Waals surface area contributed by atoms with Crippen molar-refractivity contribution in [1.82, 2.24) is 29.5 Å². The Morgan fingerprint density at radius 3 is 2.74 bits per heavy atom. The number of amides is 1. The summed E-state index contributed by atoms with van der Waals surface area (Å²) in [5.41, 5.74) is 3.47. The minimum atomic E-state index is -0.622. The molecule has 1 spiro atoms. The van der Waals surface area contributed by atoms with Gasteiger partial charge in [0.1, 0.15) is 23.4 Å². The number of carbonyl (C=O) groups excluding carboxylic acids is 1. The quantitative estimate of drug-likeness (QED) is 0.497. The minimum Gasteiger partial charge on any atom is -0.335 e. The molecule has 8 nitrogen and oxygen atoms in total. The molecule has 35 heavy (non-hydrogen) atoms. The highest BCUT2D eigenvalue weighted by atomic mass is 19.1. The van der Waals surface area contributed by atoms with Crippen molar-refractivity contribution in [2.45, 2.75) is 25.3 Å². The predicted octanol–water partition coefficient (Wildman–Crippen LogP) is 3.32. The number of fused-ring (bicyclic) bond motifs is 1. The van der Waals surface area contributed by atoms with Crippen molar-refractivity contribution in [2.24, 2.45) is 7.05 Å². The third-order valence-corrected chi connectivity index (χ3v) is 7.41. The molecular formula is C26H24FN7O. The summed E-state index contributed by atoms with van der Waals surface area (Å²) < 4.78 is 18.2. The summed E-state index contributed by atoms with van der Waals surface area (Å²) in [4.78, 5) is 20.0. The fraction of sp³-hybridized carbons (Fsp3) is 0.308. The van der Waals surface area contributed by atoms with Gasteiger partial charge in [0.15, 0.2) is 0 Å². The van der Waals surface area contributed by atoms with Gasteiger partial charge in [0, 0.05) is 54.2 Å². The lowest BCUT2D eigenvalue weighted by Crippen LogP contribution is -2.58. The molecule has 6 rings (SSSR count). The van der Waals surface area contributed by atoms with Crippen molar-refractivity contribution in [2.75, 3.05) is 19.6 Å². The lowest BCUT2D eigenvalue weighted by atomic mass is 9.87. The molecule has 2 aliphatic heterocycles. The predicted molar refractivity (Wildman–Crippen MR) is 129 cm³/mol. The Hall–Kier alpha value is -4.03. The van der Waals surface area contributed by atoms with Crippen LogP contribution < -0.4 is 5.32 Å². The molecule has 0 radical (unpaired) electrons. The summed E-state index contributed by atoms with van der Waals surface area (Å²) in [6.45, 7) is 4.33. The number of rotatable bonds is 3. The molecule has 2 saturated heterocycles. The molecule has 0 saturated carbocycles. The second kappa shape index (κ2) is 7.75. The zero-order valence-electron chi connectivity index (χ0n) is 19.5. The van der Waals surface area contributed by atoms with Crippen molar-refractivity contribution < 1.29 is 9.18 Å². The number of hydrogen-bond acceptors (Lipinski definition) is 5. The molecular weight excluding hydrogens is 445 g/mol. The maximum atomic E-state index is 14.5. The van der Waals surface area contributed by atoms with E-state index in [-0.39, 0.29) is 17.0 Å². The number of likely N-dealkylation sites (tertiary alicyclic amines) is 1. The first-order valence-electron chi connectivity index (χ1n) is 11.6. The third-order valence-electron chi connectivity index (χ3n) is 7.41. The summed E-state index contributed by atoms with van der Waals surface area (Å²) in [5, 5.41) is 18.1. The fourth-order valence-electron chi connectivity index (χ4n) is 5.13. The number of aryl methyl sites for hydroxylation is 2. The Bertz CT molecular complexity index is 1540. The normalized spacial score (nSPS) is 19.3. The van der Waals surface area contributed by atoms with Crippen LogP contribution in [0.3, 0.4) is 0 Å². The summed E-state index contributed by atoms with van der Waals surface area (Å²) in [5.74, 6) is -0.319. The second-order valence-electron chi connectivity index (χ2n) is 9.47. The molecule has 0 aliphatic carbocycles. The van der Waals surface area contributed by atoms with Gasteiger partial charge in [-0.15, -0.1) is 0 Å². The van der Waals surface area contributed by atoms with E-state index in [0.717, 1.165) is 41.7 Å². The average Bonchev–Trinajstić information content (AvgIpc) is 3.55. The van der Waals surface area contributed by atoms with Gasteiger partial charge in [-0.25, -0.2) is 9.37 Å². The zero-order chi connectivity index (χ0) is 24.3. The number of nitrogens with one attached hydrogen (secondary N) is 1. The first-order valence-corrected chi connectivity index (χ1v) is 11.6. The number of aromatic nitrogens is 4. The second-order valence-corrected chi connectivity index (χ2v) is 9.47. The van der Waals surface area contributed by atoms with Gasteiger partial charge < -0.3 is 10.2 Å². The molecule has 1 atom stereocenters. The molecule has 2 fully saturated rings. The van der Waals surface area contributed by atoms with Crippen molar-refractivity contribution in [1.29, 1.82) is 5.26 Å². The van der Waals surface area contributed by atoms with Gasteiger partial charge in [-0.1, -0.05) is 0 Å². The van der Waals surface area contributed by atoms with Crippen molar-refractivity contribution in [3.63, 3.8) is 0 Å². The van der Waals surface area contributed by atoms with Crippen molar-refractivity contribution in [3.8, 4) is 23.1 Å². The largest absolute Gasteiger partial charge is 0.335 e. The van der Waals surface area contributed by atoms with Crippen LogP contribution in [-0.4, -0.2) is 55.3 Å². The molecule has 4 heterocycles. The van der Waals surface area contributed by atoms with Gasteiger partial charge in [-0.2, -0.15) is 10.4 Å². The van der Waals surface area contributed by atoms with Gasteiger partial charge in [-0.3, -0.25) is 14.0 Å². The van der Waals surface area contributed by atoms with Crippen LogP contribution in [0.4, 0.5) is 4.39 Å². The summed E-state index contributed by atoms with van der Waals surface area (Å²) >= 11 is 0.